The van der Waals surface area contributed by atoms with Crippen LogP contribution in [0, 0.1) is 0 Å². The van der Waals surface area contributed by atoms with E-state index >= 15 is 0 Å². The molecule has 0 bridgehead atoms. The number of thiophene rings is 1. The molecule has 2 N–H and O–H groups in total. The van der Waals surface area contributed by atoms with Crippen LogP contribution >= 0.6 is 11.3 Å². The van der Waals surface area contributed by atoms with E-state index in [0.717, 1.165) is 25.7 Å². The first-order chi connectivity index (χ1) is 9.14. The van der Waals surface area contributed by atoms with Crippen molar-refractivity contribution in [2.24, 2.45) is 5.73 Å². The van der Waals surface area contributed by atoms with Crippen LogP contribution in [0.3, 0.4) is 0 Å². The van der Waals surface area contributed by atoms with E-state index < -0.39 is 0 Å². The Bertz CT molecular complexity index is 415. The smallest absolute Gasteiger partial charge is 0.0474 e. The molecule has 4 heteroatoms. The van der Waals surface area contributed by atoms with Gasteiger partial charge in [-0.15, -0.1) is 11.3 Å². The third kappa shape index (κ3) is 2.59. The number of hydrogen-bond acceptors (Lipinski definition) is 4. The van der Waals surface area contributed by atoms with E-state index in [1.54, 1.807) is 0 Å². The van der Waals surface area contributed by atoms with E-state index in [2.05, 4.69) is 41.3 Å². The molecule has 1 saturated carbocycles. The Kier molecular flexibility index (Phi) is 3.69. The van der Waals surface area contributed by atoms with Crippen molar-refractivity contribution < 1.29 is 0 Å². The summed E-state index contributed by atoms with van der Waals surface area (Å²) in [5, 5.41) is 2.16. The fraction of sp³-hybridized carbons (Fsp3) is 0.733. The fourth-order valence-corrected chi connectivity index (χ4v) is 4.26. The molecule has 1 saturated heterocycles. The number of likely N-dealkylation sites (tertiary alicyclic amines) is 1. The fourth-order valence-electron chi connectivity index (χ4n) is 3.51. The number of hydrogen-bond donors (Lipinski definition) is 1. The molecule has 0 aromatic carbocycles. The van der Waals surface area contributed by atoms with Gasteiger partial charge in [-0.2, -0.15) is 0 Å². The first-order valence-corrected chi connectivity index (χ1v) is 8.22. The average Bonchev–Trinajstić information content (AvgIpc) is 3.00. The highest BCUT2D eigenvalue weighted by Crippen LogP contribution is 2.39. The highest BCUT2D eigenvalue weighted by atomic mass is 32.1. The van der Waals surface area contributed by atoms with Gasteiger partial charge < -0.3 is 5.73 Å². The van der Waals surface area contributed by atoms with Crippen LogP contribution < -0.4 is 5.73 Å². The predicted molar refractivity (Wildman–Crippen MR) is 81.4 cm³/mol. The Balaban J connectivity index is 1.72. The molecule has 2 fully saturated rings. The number of nitrogens with zero attached hydrogens (tertiary/aromatic N) is 2. The molecule has 2 heterocycles. The van der Waals surface area contributed by atoms with E-state index in [9.17, 15) is 0 Å². The van der Waals surface area contributed by atoms with Gasteiger partial charge in [-0.3, -0.25) is 9.80 Å². The van der Waals surface area contributed by atoms with Crippen molar-refractivity contribution in [1.82, 2.24) is 9.80 Å². The molecule has 3 rings (SSSR count). The molecule has 1 aliphatic heterocycles. The largest absolute Gasteiger partial charge is 0.329 e. The average molecular weight is 279 g/mol. The molecule has 1 aromatic rings. The minimum Gasteiger partial charge on any atom is -0.329 e. The minimum atomic E-state index is 0.173. The summed E-state index contributed by atoms with van der Waals surface area (Å²) < 4.78 is 0. The standard InChI is InChI=1S/C15H25N3S/c1-12-8-15(10-16,11-18(12)13-5-6-13)17(2)9-14-4-3-7-19-14/h3-4,7,12-13H,5-6,8-11,16H2,1-2H3. The first kappa shape index (κ1) is 13.6. The maximum absolute atomic E-state index is 6.18. The molecular weight excluding hydrogens is 254 g/mol. The summed E-state index contributed by atoms with van der Waals surface area (Å²) in [5.74, 6) is 0. The zero-order valence-electron chi connectivity index (χ0n) is 12.0. The Labute approximate surface area is 120 Å². The SMILES string of the molecule is CC1CC(CN)(N(C)Cc2cccs2)CN1C1CC1. The molecule has 0 radical (unpaired) electrons. The summed E-state index contributed by atoms with van der Waals surface area (Å²) in [4.78, 5) is 6.63. The van der Waals surface area contributed by atoms with Gasteiger partial charge in [-0.1, -0.05) is 6.07 Å². The summed E-state index contributed by atoms with van der Waals surface area (Å²) in [5.41, 5.74) is 6.35. The van der Waals surface area contributed by atoms with Gasteiger partial charge in [-0.25, -0.2) is 0 Å². The zero-order chi connectivity index (χ0) is 13.5. The maximum Gasteiger partial charge on any atom is 0.0474 e. The van der Waals surface area contributed by atoms with E-state index in [1.165, 1.54) is 24.1 Å². The number of rotatable bonds is 5. The van der Waals surface area contributed by atoms with Gasteiger partial charge in [-0.05, 0) is 44.7 Å². The lowest BCUT2D eigenvalue weighted by atomic mass is 9.94. The second-order valence-corrected chi connectivity index (χ2v) is 7.35. The third-order valence-electron chi connectivity index (χ3n) is 4.90. The van der Waals surface area contributed by atoms with Gasteiger partial charge in [0.05, 0.1) is 0 Å². The van der Waals surface area contributed by atoms with Crippen molar-refractivity contribution in [3.05, 3.63) is 22.4 Å². The van der Waals surface area contributed by atoms with Gasteiger partial charge in [0, 0.05) is 42.1 Å². The minimum absolute atomic E-state index is 0.173. The molecule has 0 amide bonds. The Morgan fingerprint density at radius 2 is 2.32 bits per heavy atom. The summed E-state index contributed by atoms with van der Waals surface area (Å²) in [6.07, 6.45) is 3.99. The predicted octanol–water partition coefficient (Wildman–Crippen LogP) is 2.13. The van der Waals surface area contributed by atoms with Crippen LogP contribution in [0.2, 0.25) is 0 Å². The van der Waals surface area contributed by atoms with E-state index in [-0.39, 0.29) is 5.54 Å². The maximum atomic E-state index is 6.18. The Hall–Kier alpha value is -0.420. The second kappa shape index (κ2) is 5.17. The van der Waals surface area contributed by atoms with Crippen LogP contribution in [-0.2, 0) is 6.54 Å². The lowest BCUT2D eigenvalue weighted by Crippen LogP contribution is -2.53. The van der Waals surface area contributed by atoms with E-state index in [0.29, 0.717) is 6.04 Å². The van der Waals surface area contributed by atoms with Crippen LogP contribution in [0.4, 0.5) is 0 Å². The molecule has 1 aliphatic carbocycles. The second-order valence-electron chi connectivity index (χ2n) is 6.32. The summed E-state index contributed by atoms with van der Waals surface area (Å²) in [6.45, 7) is 5.31. The molecule has 1 aromatic heterocycles. The summed E-state index contributed by atoms with van der Waals surface area (Å²) in [7, 11) is 2.25. The molecule has 2 unspecified atom stereocenters. The van der Waals surface area contributed by atoms with Gasteiger partial charge >= 0.3 is 0 Å². The molecule has 106 valence electrons. The lowest BCUT2D eigenvalue weighted by Gasteiger charge is -2.38. The quantitative estimate of drug-likeness (QED) is 0.896. The van der Waals surface area contributed by atoms with E-state index in [4.69, 9.17) is 5.73 Å². The van der Waals surface area contributed by atoms with Crippen molar-refractivity contribution in [3.8, 4) is 0 Å². The van der Waals surface area contributed by atoms with Crippen molar-refractivity contribution in [1.29, 1.82) is 0 Å². The highest BCUT2D eigenvalue weighted by Gasteiger charge is 2.48. The van der Waals surface area contributed by atoms with Gasteiger partial charge in [0.1, 0.15) is 0 Å². The molecule has 3 nitrogen and oxygen atoms in total. The summed E-state index contributed by atoms with van der Waals surface area (Å²) >= 11 is 1.84. The van der Waals surface area contributed by atoms with Crippen LogP contribution in [0.5, 0.6) is 0 Å². The van der Waals surface area contributed by atoms with Crippen LogP contribution in [-0.4, -0.2) is 47.6 Å². The number of likely N-dealkylation sites (N-methyl/N-ethyl adjacent to an activating group) is 1. The van der Waals surface area contributed by atoms with Crippen LogP contribution in [0.1, 0.15) is 31.1 Å². The van der Waals surface area contributed by atoms with Crippen LogP contribution in [0.25, 0.3) is 0 Å². The summed E-state index contributed by atoms with van der Waals surface area (Å²) in [6, 6.07) is 5.89. The van der Waals surface area contributed by atoms with Gasteiger partial charge in [0.2, 0.25) is 0 Å². The molecular formula is C15H25N3S. The first-order valence-electron chi connectivity index (χ1n) is 7.34. The molecule has 2 aliphatic rings. The third-order valence-corrected chi connectivity index (χ3v) is 5.76. The molecule has 2 atom stereocenters. The Morgan fingerprint density at radius 1 is 1.53 bits per heavy atom. The zero-order valence-corrected chi connectivity index (χ0v) is 12.8. The van der Waals surface area contributed by atoms with Gasteiger partial charge in [0.15, 0.2) is 0 Å². The van der Waals surface area contributed by atoms with Crippen molar-refractivity contribution in [2.75, 3.05) is 20.1 Å². The van der Waals surface area contributed by atoms with Crippen molar-refractivity contribution >= 4 is 11.3 Å². The lowest BCUT2D eigenvalue weighted by molar-refractivity contribution is 0.121. The monoisotopic (exact) mass is 279 g/mol. The highest BCUT2D eigenvalue weighted by molar-refractivity contribution is 7.09. The molecule has 0 spiro atoms. The van der Waals surface area contributed by atoms with Gasteiger partial charge in [0.25, 0.3) is 0 Å². The number of nitrogens with two attached hydrogens (primary N) is 1. The normalized spacial score (nSPS) is 32.3. The van der Waals surface area contributed by atoms with Crippen molar-refractivity contribution in [2.45, 2.75) is 50.4 Å². The van der Waals surface area contributed by atoms with Crippen molar-refractivity contribution in [3.63, 3.8) is 0 Å². The topological polar surface area (TPSA) is 32.5 Å². The van der Waals surface area contributed by atoms with E-state index in [1.807, 2.05) is 11.3 Å². The molecule has 19 heavy (non-hydrogen) atoms. The van der Waals surface area contributed by atoms with Crippen LogP contribution in [0.15, 0.2) is 17.5 Å². The Morgan fingerprint density at radius 3 is 2.89 bits per heavy atom.